The smallest absolute Gasteiger partial charge is 0.266 e. The molecule has 3 heterocycles. The molecule has 0 saturated carbocycles. The van der Waals surface area contributed by atoms with E-state index in [2.05, 4.69) is 11.1 Å². The van der Waals surface area contributed by atoms with Gasteiger partial charge in [-0.2, -0.15) is 10.2 Å². The quantitative estimate of drug-likeness (QED) is 0.381. The molecule has 0 unspecified atom stereocenters. The minimum atomic E-state index is -0.00557. The van der Waals surface area contributed by atoms with Crippen molar-refractivity contribution in [1.29, 1.82) is 5.26 Å². The highest BCUT2D eigenvalue weighted by atomic mass is 16.5. The van der Waals surface area contributed by atoms with Gasteiger partial charge in [0.25, 0.3) is 11.8 Å². The largest absolute Gasteiger partial charge is 0.497 e. The van der Waals surface area contributed by atoms with E-state index in [4.69, 9.17) is 18.3 Å². The van der Waals surface area contributed by atoms with E-state index in [1.807, 2.05) is 59.5 Å². The number of rotatable bonds is 7. The number of piperazine rings is 1. The second kappa shape index (κ2) is 10.3. The molecule has 9 nitrogen and oxygen atoms in total. The molecule has 2 aromatic carbocycles. The average molecular weight is 485 g/mol. The number of hydrogen-bond donors (Lipinski definition) is 0. The molecule has 36 heavy (non-hydrogen) atoms. The molecule has 0 atom stereocenters. The Labute approximate surface area is 208 Å². The van der Waals surface area contributed by atoms with E-state index >= 15 is 0 Å². The van der Waals surface area contributed by atoms with Crippen molar-refractivity contribution in [1.82, 2.24) is 9.88 Å². The summed E-state index contributed by atoms with van der Waals surface area (Å²) >= 11 is 0. The molecule has 9 heteroatoms. The number of hydrogen-bond acceptors (Lipinski definition) is 8. The lowest BCUT2D eigenvalue weighted by molar-refractivity contribution is 0.0745. The van der Waals surface area contributed by atoms with E-state index in [0.29, 0.717) is 54.9 Å². The van der Waals surface area contributed by atoms with Gasteiger partial charge in [-0.05, 0) is 48.5 Å². The first-order valence-electron chi connectivity index (χ1n) is 11.5. The lowest BCUT2D eigenvalue weighted by atomic mass is 10.2. The van der Waals surface area contributed by atoms with Crippen molar-refractivity contribution >= 4 is 11.8 Å². The average Bonchev–Trinajstić information content (AvgIpc) is 3.60. The lowest BCUT2D eigenvalue weighted by Crippen LogP contribution is -2.48. The highest BCUT2D eigenvalue weighted by molar-refractivity contribution is 5.94. The molecule has 1 amide bonds. The molecule has 5 rings (SSSR count). The molecule has 0 spiro atoms. The Morgan fingerprint density at radius 2 is 1.69 bits per heavy atom. The summed E-state index contributed by atoms with van der Waals surface area (Å²) < 4.78 is 22.7. The number of benzene rings is 2. The minimum Gasteiger partial charge on any atom is -0.497 e. The zero-order valence-corrected chi connectivity index (χ0v) is 19.7. The molecule has 0 N–H and O–H groups in total. The van der Waals surface area contributed by atoms with Crippen LogP contribution in [-0.2, 0) is 6.61 Å². The normalized spacial score (nSPS) is 13.3. The van der Waals surface area contributed by atoms with Gasteiger partial charge in [-0.25, -0.2) is 0 Å². The Hall–Kier alpha value is -4.71. The number of nitrogens with zero attached hydrogens (tertiary/aromatic N) is 4. The van der Waals surface area contributed by atoms with Crippen LogP contribution in [0.25, 0.3) is 11.7 Å². The Morgan fingerprint density at radius 1 is 0.972 bits per heavy atom. The summed E-state index contributed by atoms with van der Waals surface area (Å²) in [4.78, 5) is 20.8. The molecular formula is C27H24N4O5. The molecule has 2 aromatic heterocycles. The molecular weight excluding hydrogens is 460 g/mol. The summed E-state index contributed by atoms with van der Waals surface area (Å²) in [5.41, 5.74) is 0.843. The zero-order valence-electron chi connectivity index (χ0n) is 19.7. The van der Waals surface area contributed by atoms with Crippen molar-refractivity contribution < 1.29 is 23.1 Å². The van der Waals surface area contributed by atoms with Crippen LogP contribution in [0.3, 0.4) is 0 Å². The van der Waals surface area contributed by atoms with Gasteiger partial charge in [-0.1, -0.05) is 18.2 Å². The Bertz CT molecular complexity index is 1360. The molecule has 182 valence electrons. The Balaban J connectivity index is 1.23. The van der Waals surface area contributed by atoms with Crippen LogP contribution < -0.4 is 14.4 Å². The summed E-state index contributed by atoms with van der Waals surface area (Å²) in [7, 11) is 1.61. The molecule has 0 bridgehead atoms. The maximum atomic E-state index is 12.7. The first-order valence-corrected chi connectivity index (χ1v) is 11.5. The van der Waals surface area contributed by atoms with Crippen molar-refractivity contribution in [2.45, 2.75) is 6.61 Å². The van der Waals surface area contributed by atoms with E-state index in [1.165, 1.54) is 0 Å². The Kier molecular flexibility index (Phi) is 6.58. The third kappa shape index (κ3) is 4.88. The van der Waals surface area contributed by atoms with E-state index < -0.39 is 0 Å². The van der Waals surface area contributed by atoms with Gasteiger partial charge in [-0.15, -0.1) is 0 Å². The van der Waals surface area contributed by atoms with Gasteiger partial charge in [0.2, 0.25) is 11.6 Å². The summed E-state index contributed by atoms with van der Waals surface area (Å²) in [6.45, 7) is 2.31. The first-order chi connectivity index (χ1) is 17.6. The monoisotopic (exact) mass is 484 g/mol. The molecule has 0 radical (unpaired) electrons. The Morgan fingerprint density at radius 3 is 2.39 bits per heavy atom. The predicted molar refractivity (Wildman–Crippen MR) is 131 cm³/mol. The maximum absolute atomic E-state index is 12.7. The number of ether oxygens (including phenoxy) is 2. The van der Waals surface area contributed by atoms with Crippen molar-refractivity contribution in [2.75, 3.05) is 38.2 Å². The van der Waals surface area contributed by atoms with Crippen LogP contribution in [0.4, 0.5) is 5.88 Å². The predicted octanol–water partition coefficient (Wildman–Crippen LogP) is 4.36. The fraction of sp³-hybridized carbons (Fsp3) is 0.222. The van der Waals surface area contributed by atoms with Crippen molar-refractivity contribution in [3.8, 4) is 29.2 Å². The molecule has 1 fully saturated rings. The van der Waals surface area contributed by atoms with Gasteiger partial charge >= 0.3 is 0 Å². The van der Waals surface area contributed by atoms with Gasteiger partial charge in [-0.3, -0.25) is 4.79 Å². The van der Waals surface area contributed by atoms with Crippen molar-refractivity contribution in [2.24, 2.45) is 0 Å². The standard InChI is InChI=1S/C27H24N4O5/c1-33-20-7-9-21(10-8-20)34-18-22-11-12-24(35-22)25-29-23(17-28)27(36-25)31-15-13-30(14-16-31)26(32)19-5-3-2-4-6-19/h2-12H,13-16,18H2,1H3. The van der Waals surface area contributed by atoms with Crippen LogP contribution >= 0.6 is 0 Å². The second-order valence-electron chi connectivity index (χ2n) is 8.16. The topological polar surface area (TPSA) is 105 Å². The number of aromatic nitrogens is 1. The highest BCUT2D eigenvalue weighted by Gasteiger charge is 2.27. The number of carbonyl (C=O) groups excluding carboxylic acids is 1. The third-order valence-electron chi connectivity index (χ3n) is 5.90. The number of oxazole rings is 1. The zero-order chi connectivity index (χ0) is 24.9. The van der Waals surface area contributed by atoms with E-state index in [9.17, 15) is 10.1 Å². The summed E-state index contributed by atoms with van der Waals surface area (Å²) in [5, 5.41) is 9.63. The fourth-order valence-electron chi connectivity index (χ4n) is 3.98. The number of nitriles is 1. The summed E-state index contributed by atoms with van der Waals surface area (Å²) in [6.07, 6.45) is 0. The van der Waals surface area contributed by atoms with Gasteiger partial charge in [0, 0.05) is 31.7 Å². The molecule has 4 aromatic rings. The molecule has 0 aliphatic carbocycles. The van der Waals surface area contributed by atoms with Crippen LogP contribution in [0.1, 0.15) is 21.8 Å². The number of carbonyl (C=O) groups is 1. The summed E-state index contributed by atoms with van der Waals surface area (Å²) in [5.74, 6) is 3.03. The van der Waals surface area contributed by atoms with Crippen LogP contribution in [-0.4, -0.2) is 49.1 Å². The summed E-state index contributed by atoms with van der Waals surface area (Å²) in [6, 6.07) is 22.1. The third-order valence-corrected chi connectivity index (χ3v) is 5.90. The van der Waals surface area contributed by atoms with Gasteiger partial charge in [0.15, 0.2) is 5.76 Å². The van der Waals surface area contributed by atoms with Crippen molar-refractivity contribution in [3.63, 3.8) is 0 Å². The number of methoxy groups -OCH3 is 1. The van der Waals surface area contributed by atoms with E-state index in [0.717, 1.165) is 5.75 Å². The molecule has 1 saturated heterocycles. The second-order valence-corrected chi connectivity index (χ2v) is 8.16. The SMILES string of the molecule is COc1ccc(OCc2ccc(-c3nc(C#N)c(N4CCN(C(=O)c5ccccc5)CC4)o3)o2)cc1. The van der Waals surface area contributed by atoms with Crippen LogP contribution in [0.5, 0.6) is 11.5 Å². The number of amides is 1. The van der Waals surface area contributed by atoms with Crippen LogP contribution in [0, 0.1) is 11.3 Å². The van der Waals surface area contributed by atoms with E-state index in [-0.39, 0.29) is 24.1 Å². The van der Waals surface area contributed by atoms with Gasteiger partial charge in [0.05, 0.1) is 7.11 Å². The molecule has 1 aliphatic rings. The van der Waals surface area contributed by atoms with Crippen LogP contribution in [0.2, 0.25) is 0 Å². The molecule has 1 aliphatic heterocycles. The minimum absolute atomic E-state index is 0.00557. The number of furan rings is 1. The maximum Gasteiger partial charge on any atom is 0.266 e. The number of anilines is 1. The first kappa shape index (κ1) is 23.1. The van der Waals surface area contributed by atoms with Crippen LogP contribution in [0.15, 0.2) is 75.6 Å². The van der Waals surface area contributed by atoms with E-state index in [1.54, 1.807) is 24.1 Å². The van der Waals surface area contributed by atoms with Gasteiger partial charge in [0.1, 0.15) is 29.9 Å². The highest BCUT2D eigenvalue weighted by Crippen LogP contribution is 2.30. The van der Waals surface area contributed by atoms with Crippen molar-refractivity contribution in [3.05, 3.63) is 83.7 Å². The van der Waals surface area contributed by atoms with Gasteiger partial charge < -0.3 is 28.1 Å². The lowest BCUT2D eigenvalue weighted by Gasteiger charge is -2.34. The fourth-order valence-corrected chi connectivity index (χ4v) is 3.98.